The van der Waals surface area contributed by atoms with Crippen LogP contribution in [0.15, 0.2) is 58.6 Å². The molecule has 0 radical (unpaired) electrons. The van der Waals surface area contributed by atoms with E-state index in [1.165, 1.54) is 17.3 Å². The quantitative estimate of drug-likeness (QED) is 0.485. The summed E-state index contributed by atoms with van der Waals surface area (Å²) in [6, 6.07) is 13.9. The second-order valence-electron chi connectivity index (χ2n) is 5.71. The van der Waals surface area contributed by atoms with E-state index >= 15 is 0 Å². The second kappa shape index (κ2) is 6.64. The number of hydrogen-bond donors (Lipinski definition) is 0. The summed E-state index contributed by atoms with van der Waals surface area (Å²) in [6.07, 6.45) is 1.48. The summed E-state index contributed by atoms with van der Waals surface area (Å²) in [4.78, 5) is 27.4. The Balaban J connectivity index is 1.83. The van der Waals surface area contributed by atoms with Gasteiger partial charge in [0.05, 0.1) is 22.0 Å². The van der Waals surface area contributed by atoms with Gasteiger partial charge in [0.1, 0.15) is 5.92 Å². The minimum Gasteiger partial charge on any atom is -0.271 e. The molecule has 0 N–H and O–H groups in total. The molecule has 7 heteroatoms. The monoisotopic (exact) mass is 336 g/mol. The third-order valence-electron chi connectivity index (χ3n) is 3.95. The highest BCUT2D eigenvalue weighted by atomic mass is 16.6. The number of nitro benzene ring substituents is 1. The molecule has 1 amide bonds. The molecule has 7 nitrogen and oxygen atoms in total. The summed E-state index contributed by atoms with van der Waals surface area (Å²) in [5, 5.41) is 16.7. The number of nitrogens with zero attached hydrogens (tertiary/aromatic N) is 4. The van der Waals surface area contributed by atoms with Crippen LogP contribution in [-0.2, 0) is 4.79 Å². The molecule has 2 aromatic rings. The van der Waals surface area contributed by atoms with Crippen molar-refractivity contribution in [1.82, 2.24) is 0 Å². The molecule has 3 rings (SSSR count). The fourth-order valence-corrected chi connectivity index (χ4v) is 2.54. The van der Waals surface area contributed by atoms with Crippen molar-refractivity contribution < 1.29 is 9.72 Å². The van der Waals surface area contributed by atoms with Crippen LogP contribution in [0.5, 0.6) is 0 Å². The number of para-hydroxylation sites is 1. The Morgan fingerprint density at radius 2 is 1.92 bits per heavy atom. The van der Waals surface area contributed by atoms with Crippen LogP contribution in [0.2, 0.25) is 0 Å². The number of carbonyl (C=O) groups excluding carboxylic acids is 1. The Morgan fingerprint density at radius 1 is 1.20 bits per heavy atom. The molecule has 1 aliphatic heterocycles. The predicted molar refractivity (Wildman–Crippen MR) is 96.5 cm³/mol. The maximum Gasteiger partial charge on any atom is 0.274 e. The van der Waals surface area contributed by atoms with Crippen LogP contribution in [0.4, 0.5) is 17.1 Å². The molecule has 0 aromatic heterocycles. The van der Waals surface area contributed by atoms with E-state index in [4.69, 9.17) is 0 Å². The number of carbonyl (C=O) groups is 1. The van der Waals surface area contributed by atoms with Crippen LogP contribution in [0.3, 0.4) is 0 Å². The van der Waals surface area contributed by atoms with Crippen molar-refractivity contribution in [2.45, 2.75) is 13.8 Å². The van der Waals surface area contributed by atoms with Crippen LogP contribution >= 0.6 is 0 Å². The van der Waals surface area contributed by atoms with Crippen molar-refractivity contribution in [2.75, 3.05) is 5.01 Å². The third-order valence-corrected chi connectivity index (χ3v) is 3.95. The SMILES string of the molecule is CC1=NN(c2ccccc2)C(=O)[C@@H]1C=Nc1ccc(C)c([N+](=O)[O-])c1. The Bertz CT molecular complexity index is 890. The minimum absolute atomic E-state index is 0.00343. The number of hydrazone groups is 1. The van der Waals surface area contributed by atoms with Crippen LogP contribution in [0.1, 0.15) is 12.5 Å². The number of amides is 1. The molecule has 0 saturated carbocycles. The highest BCUT2D eigenvalue weighted by molar-refractivity contribution is 6.23. The molecule has 0 aliphatic carbocycles. The van der Waals surface area contributed by atoms with Gasteiger partial charge in [0, 0.05) is 17.8 Å². The smallest absolute Gasteiger partial charge is 0.271 e. The molecular formula is C18H16N4O3. The van der Waals surface area contributed by atoms with Gasteiger partial charge in [-0.2, -0.15) is 10.1 Å². The number of nitro groups is 1. The lowest BCUT2D eigenvalue weighted by Crippen LogP contribution is -2.27. The molecule has 2 aromatic carbocycles. The van der Waals surface area contributed by atoms with E-state index in [0.717, 1.165) is 0 Å². The van der Waals surface area contributed by atoms with Crippen molar-refractivity contribution in [3.8, 4) is 0 Å². The summed E-state index contributed by atoms with van der Waals surface area (Å²) < 4.78 is 0. The zero-order chi connectivity index (χ0) is 18.0. The first kappa shape index (κ1) is 16.5. The first-order valence-electron chi connectivity index (χ1n) is 7.70. The summed E-state index contributed by atoms with van der Waals surface area (Å²) >= 11 is 0. The van der Waals surface area contributed by atoms with Gasteiger partial charge in [0.25, 0.3) is 11.6 Å². The van der Waals surface area contributed by atoms with E-state index in [1.807, 2.05) is 18.2 Å². The van der Waals surface area contributed by atoms with Gasteiger partial charge in [-0.25, -0.2) is 0 Å². The second-order valence-corrected chi connectivity index (χ2v) is 5.71. The number of benzene rings is 2. The summed E-state index contributed by atoms with van der Waals surface area (Å²) in [7, 11) is 0. The Kier molecular flexibility index (Phi) is 4.38. The molecule has 1 heterocycles. The largest absolute Gasteiger partial charge is 0.274 e. The maximum absolute atomic E-state index is 12.6. The van der Waals surface area contributed by atoms with E-state index in [-0.39, 0.29) is 11.6 Å². The van der Waals surface area contributed by atoms with Crippen molar-refractivity contribution in [3.63, 3.8) is 0 Å². The Morgan fingerprint density at radius 3 is 2.60 bits per heavy atom. The van der Waals surface area contributed by atoms with Gasteiger partial charge >= 0.3 is 0 Å². The number of aliphatic imine (C=N–C) groups is 1. The van der Waals surface area contributed by atoms with E-state index in [9.17, 15) is 14.9 Å². The molecule has 1 atom stereocenters. The fraction of sp³-hybridized carbons (Fsp3) is 0.167. The van der Waals surface area contributed by atoms with Gasteiger partial charge in [-0.1, -0.05) is 24.3 Å². The van der Waals surface area contributed by atoms with Gasteiger partial charge in [-0.05, 0) is 32.0 Å². The summed E-state index contributed by atoms with van der Waals surface area (Å²) in [6.45, 7) is 3.43. The number of anilines is 1. The first-order chi connectivity index (χ1) is 12.0. The van der Waals surface area contributed by atoms with Crippen molar-refractivity contribution in [2.24, 2.45) is 16.0 Å². The lowest BCUT2D eigenvalue weighted by Gasteiger charge is -2.12. The van der Waals surface area contributed by atoms with Crippen molar-refractivity contribution in [1.29, 1.82) is 0 Å². The highest BCUT2D eigenvalue weighted by Crippen LogP contribution is 2.26. The molecule has 0 fully saturated rings. The maximum atomic E-state index is 12.6. The lowest BCUT2D eigenvalue weighted by atomic mass is 10.1. The van der Waals surface area contributed by atoms with Crippen molar-refractivity contribution in [3.05, 3.63) is 64.2 Å². The molecule has 0 bridgehead atoms. The van der Waals surface area contributed by atoms with Gasteiger partial charge in [0.15, 0.2) is 0 Å². The topological polar surface area (TPSA) is 88.2 Å². The summed E-state index contributed by atoms with van der Waals surface area (Å²) in [5.74, 6) is -0.783. The van der Waals surface area contributed by atoms with Gasteiger partial charge < -0.3 is 0 Å². The van der Waals surface area contributed by atoms with E-state index in [0.29, 0.717) is 22.6 Å². The van der Waals surface area contributed by atoms with E-state index in [1.54, 1.807) is 38.1 Å². The molecule has 25 heavy (non-hydrogen) atoms. The first-order valence-corrected chi connectivity index (χ1v) is 7.70. The standard InChI is InChI=1S/C18H16N4O3/c1-12-8-9-14(10-17(12)22(24)25)19-11-16-13(2)20-21(18(16)23)15-6-4-3-5-7-15/h3-11,16H,1-2H3/t16-/m1/s1. The predicted octanol–water partition coefficient (Wildman–Crippen LogP) is 3.64. The van der Waals surface area contributed by atoms with E-state index in [2.05, 4.69) is 10.1 Å². The lowest BCUT2D eigenvalue weighted by molar-refractivity contribution is -0.385. The minimum atomic E-state index is -0.583. The fourth-order valence-electron chi connectivity index (χ4n) is 2.54. The Hall–Kier alpha value is -3.35. The van der Waals surface area contributed by atoms with Gasteiger partial charge in [-0.3, -0.25) is 19.9 Å². The molecule has 0 unspecified atom stereocenters. The molecule has 126 valence electrons. The number of hydrogen-bond acceptors (Lipinski definition) is 5. The zero-order valence-corrected chi connectivity index (χ0v) is 13.8. The number of rotatable bonds is 4. The van der Waals surface area contributed by atoms with Crippen LogP contribution in [0.25, 0.3) is 0 Å². The average molecular weight is 336 g/mol. The zero-order valence-electron chi connectivity index (χ0n) is 13.8. The van der Waals surface area contributed by atoms with Crippen LogP contribution in [0, 0.1) is 23.0 Å². The van der Waals surface area contributed by atoms with Gasteiger partial charge in [0.2, 0.25) is 0 Å². The average Bonchev–Trinajstić information content (AvgIpc) is 2.89. The summed E-state index contributed by atoms with van der Waals surface area (Å²) in [5.41, 5.74) is 2.31. The molecule has 1 aliphatic rings. The van der Waals surface area contributed by atoms with Crippen LogP contribution < -0.4 is 5.01 Å². The van der Waals surface area contributed by atoms with Gasteiger partial charge in [-0.15, -0.1) is 0 Å². The number of aryl methyl sites for hydroxylation is 1. The normalized spacial score (nSPS) is 17.2. The highest BCUT2D eigenvalue weighted by Gasteiger charge is 2.33. The van der Waals surface area contributed by atoms with E-state index < -0.39 is 10.8 Å². The van der Waals surface area contributed by atoms with Crippen molar-refractivity contribution >= 4 is 34.9 Å². The molecule has 0 saturated heterocycles. The van der Waals surface area contributed by atoms with Crippen LogP contribution in [-0.4, -0.2) is 22.8 Å². The Labute approximate surface area is 144 Å². The third kappa shape index (κ3) is 3.30. The molecular weight excluding hydrogens is 320 g/mol. The molecule has 0 spiro atoms.